The molecule has 1 aliphatic rings. The van der Waals surface area contributed by atoms with Crippen molar-refractivity contribution in [3.63, 3.8) is 0 Å². The van der Waals surface area contributed by atoms with Gasteiger partial charge in [-0.3, -0.25) is 9.59 Å². The van der Waals surface area contributed by atoms with Crippen LogP contribution in [0.4, 0.5) is 0 Å². The molecule has 8 atom stereocenters. The third-order valence-electron chi connectivity index (χ3n) is 16.2. The normalized spacial score (nSPS) is 18.9. The Hall–Kier alpha value is -2.38. The van der Waals surface area contributed by atoms with E-state index in [1.807, 2.05) is 6.08 Å². The molecule has 1 heterocycles. The van der Waals surface area contributed by atoms with Gasteiger partial charge in [0.05, 0.1) is 25.4 Å². The highest BCUT2D eigenvalue weighted by atomic mass is 16.7. The molecule has 8 unspecified atom stereocenters. The van der Waals surface area contributed by atoms with Crippen LogP contribution >= 0.6 is 0 Å². The fourth-order valence-electron chi connectivity index (χ4n) is 10.8. The molecule has 0 aromatic rings. The topological polar surface area (TPSA) is 175 Å². The maximum Gasteiger partial charge on any atom is 0.306 e. The number of hydrogen-bond acceptors (Lipinski definition) is 10. The molecule has 11 nitrogen and oxygen atoms in total. The molecule has 0 bridgehead atoms. The van der Waals surface area contributed by atoms with Gasteiger partial charge in [-0.15, -0.1) is 0 Å². The van der Waals surface area contributed by atoms with Gasteiger partial charge in [-0.2, -0.15) is 0 Å². The van der Waals surface area contributed by atoms with Crippen LogP contribution < -0.4 is 5.32 Å². The van der Waals surface area contributed by atoms with Gasteiger partial charge in [-0.25, -0.2) is 0 Å². The van der Waals surface area contributed by atoms with Gasteiger partial charge >= 0.3 is 5.97 Å². The summed E-state index contributed by atoms with van der Waals surface area (Å²) in [6, 6.07) is -1.02. The number of amides is 1. The van der Waals surface area contributed by atoms with Gasteiger partial charge in [0, 0.05) is 6.42 Å². The molecule has 474 valence electrons. The molecule has 1 fully saturated rings. The first-order valence-corrected chi connectivity index (χ1v) is 34.4. The Morgan fingerprint density at radius 2 is 0.852 bits per heavy atom. The molecule has 1 amide bonds. The van der Waals surface area contributed by atoms with Crippen molar-refractivity contribution in [2.75, 3.05) is 13.2 Å². The van der Waals surface area contributed by atoms with Crippen LogP contribution in [0.5, 0.6) is 0 Å². The lowest BCUT2D eigenvalue weighted by molar-refractivity contribution is -0.305. The van der Waals surface area contributed by atoms with Crippen molar-refractivity contribution in [1.29, 1.82) is 0 Å². The number of hydrogen-bond donors (Lipinski definition) is 6. The van der Waals surface area contributed by atoms with Gasteiger partial charge in [0.2, 0.25) is 5.91 Å². The number of rotatable bonds is 59. The largest absolute Gasteiger partial charge is 0.454 e. The SMILES string of the molecule is CCCCC/C=C\C/C=C\C/C=C\CCCCCCCCCCCCCCCCC(=O)OC1C(OCC(NC(=O)C(O)CCCCCCCCCCCCCCC)C(O)/C=C/CCCCCCCCCCCC)OC(CO)C(O)C1O. The minimum absolute atomic E-state index is 0.125. The molecule has 1 rings (SSSR count). The molecule has 0 radical (unpaired) electrons. The number of unbranched alkanes of at least 4 members (excludes halogenated alkanes) is 39. The van der Waals surface area contributed by atoms with Crippen LogP contribution in [0.1, 0.15) is 323 Å². The van der Waals surface area contributed by atoms with E-state index in [1.165, 1.54) is 205 Å². The molecule has 0 spiro atoms. The monoisotopic (exact) mass is 1140 g/mol. The number of allylic oxidation sites excluding steroid dienone is 7. The molecule has 0 saturated carbocycles. The lowest BCUT2D eigenvalue weighted by atomic mass is 9.99. The summed E-state index contributed by atoms with van der Waals surface area (Å²) in [6.07, 6.45) is 61.6. The van der Waals surface area contributed by atoms with Crippen molar-refractivity contribution in [2.45, 2.75) is 372 Å². The molecule has 1 aliphatic heterocycles. The molecule has 81 heavy (non-hydrogen) atoms. The van der Waals surface area contributed by atoms with Crippen molar-refractivity contribution < 1.29 is 49.3 Å². The van der Waals surface area contributed by atoms with Crippen LogP contribution in [0.2, 0.25) is 0 Å². The number of aliphatic hydroxyl groups excluding tert-OH is 5. The van der Waals surface area contributed by atoms with E-state index in [0.717, 1.165) is 70.6 Å². The highest BCUT2D eigenvalue weighted by Gasteiger charge is 2.47. The smallest absolute Gasteiger partial charge is 0.306 e. The number of carbonyl (C=O) groups is 2. The van der Waals surface area contributed by atoms with E-state index in [9.17, 15) is 35.1 Å². The zero-order chi connectivity index (χ0) is 58.9. The Bertz CT molecular complexity index is 1500. The van der Waals surface area contributed by atoms with E-state index in [4.69, 9.17) is 14.2 Å². The van der Waals surface area contributed by atoms with E-state index >= 15 is 0 Å². The van der Waals surface area contributed by atoms with Gasteiger partial charge in [-0.05, 0) is 64.2 Å². The third-order valence-corrected chi connectivity index (χ3v) is 16.2. The Balaban J connectivity index is 2.53. The maximum absolute atomic E-state index is 13.4. The predicted molar refractivity (Wildman–Crippen MR) is 338 cm³/mol. The van der Waals surface area contributed by atoms with Crippen LogP contribution in [0, 0.1) is 0 Å². The molecule has 0 aromatic carbocycles. The second-order valence-corrected chi connectivity index (χ2v) is 23.9. The molecular weight excluding hydrogens is 1010 g/mol. The summed E-state index contributed by atoms with van der Waals surface area (Å²) in [5.74, 6) is -1.18. The van der Waals surface area contributed by atoms with Crippen molar-refractivity contribution in [3.8, 4) is 0 Å². The van der Waals surface area contributed by atoms with Crippen LogP contribution in [0.25, 0.3) is 0 Å². The van der Waals surface area contributed by atoms with Crippen LogP contribution in [0.15, 0.2) is 48.6 Å². The van der Waals surface area contributed by atoms with E-state index < -0.39 is 67.4 Å². The fraction of sp³-hybridized carbons (Fsp3) is 0.857. The Morgan fingerprint density at radius 3 is 1.30 bits per heavy atom. The maximum atomic E-state index is 13.4. The van der Waals surface area contributed by atoms with Gasteiger partial charge in [0.25, 0.3) is 0 Å². The summed E-state index contributed by atoms with van der Waals surface area (Å²) in [5, 5.41) is 57.1. The summed E-state index contributed by atoms with van der Waals surface area (Å²) in [6.45, 7) is 5.79. The van der Waals surface area contributed by atoms with Gasteiger partial charge in [0.15, 0.2) is 12.4 Å². The van der Waals surface area contributed by atoms with Gasteiger partial charge < -0.3 is 45.1 Å². The standard InChI is InChI=1S/C70H129NO10/c1-4-7-10-13-16-19-22-25-26-27-28-29-30-31-32-33-34-35-36-37-38-40-43-46-49-52-55-58-65(75)81-68-67(77)66(76)64(59-72)80-70(68)79-60-61(62(73)56-53-50-47-44-41-24-21-18-15-12-9-6-3)71-69(78)63(74)57-54-51-48-45-42-39-23-20-17-14-11-8-5-2/h16,19,25-26,28-29,53,56,61-64,66-68,70,72-74,76-77H,4-15,17-18,20-24,27,30-52,54-55,57-60H2,1-3H3,(H,71,78)/b19-16-,26-25-,29-28-,56-53+. The molecule has 1 saturated heterocycles. The Labute approximate surface area is 497 Å². The van der Waals surface area contributed by atoms with Gasteiger partial charge in [0.1, 0.15) is 24.4 Å². The molecular formula is C70H129NO10. The van der Waals surface area contributed by atoms with E-state index in [0.29, 0.717) is 19.3 Å². The summed E-state index contributed by atoms with van der Waals surface area (Å²) < 4.78 is 17.7. The van der Waals surface area contributed by atoms with Crippen molar-refractivity contribution >= 4 is 11.9 Å². The first-order valence-electron chi connectivity index (χ1n) is 34.4. The van der Waals surface area contributed by atoms with Crippen LogP contribution in [-0.4, -0.2) is 99.6 Å². The average molecular weight is 1140 g/mol. The van der Waals surface area contributed by atoms with Gasteiger partial charge in [-0.1, -0.05) is 301 Å². The summed E-state index contributed by atoms with van der Waals surface area (Å²) >= 11 is 0. The highest BCUT2D eigenvalue weighted by Crippen LogP contribution is 2.26. The number of carbonyl (C=O) groups excluding carboxylic acids is 2. The molecule has 6 N–H and O–H groups in total. The van der Waals surface area contributed by atoms with Crippen LogP contribution in [-0.2, 0) is 23.8 Å². The lowest BCUT2D eigenvalue weighted by Gasteiger charge is -2.41. The first kappa shape index (κ1) is 76.6. The summed E-state index contributed by atoms with van der Waals surface area (Å²) in [4.78, 5) is 26.6. The lowest BCUT2D eigenvalue weighted by Crippen LogP contribution is -2.61. The third kappa shape index (κ3) is 45.6. The molecule has 11 heteroatoms. The number of ether oxygens (including phenoxy) is 3. The van der Waals surface area contributed by atoms with Crippen molar-refractivity contribution in [2.24, 2.45) is 0 Å². The average Bonchev–Trinajstić information content (AvgIpc) is 3.51. The minimum atomic E-state index is -1.61. The van der Waals surface area contributed by atoms with E-state index in [1.54, 1.807) is 6.08 Å². The summed E-state index contributed by atoms with van der Waals surface area (Å²) in [7, 11) is 0. The quantitative estimate of drug-likeness (QED) is 0.0195. The summed E-state index contributed by atoms with van der Waals surface area (Å²) in [5.41, 5.74) is 0. The number of nitrogens with one attached hydrogen (secondary N) is 1. The first-order chi connectivity index (χ1) is 39.7. The minimum Gasteiger partial charge on any atom is -0.454 e. The van der Waals surface area contributed by atoms with Crippen molar-refractivity contribution in [1.82, 2.24) is 5.32 Å². The Kier molecular flexibility index (Phi) is 54.9. The number of aliphatic hydroxyl groups is 5. The fourth-order valence-corrected chi connectivity index (χ4v) is 10.8. The molecule has 0 aliphatic carbocycles. The second-order valence-electron chi connectivity index (χ2n) is 23.9. The van der Waals surface area contributed by atoms with E-state index in [-0.39, 0.29) is 13.0 Å². The zero-order valence-electron chi connectivity index (χ0n) is 52.7. The van der Waals surface area contributed by atoms with Crippen molar-refractivity contribution in [3.05, 3.63) is 48.6 Å². The highest BCUT2D eigenvalue weighted by molar-refractivity contribution is 5.80. The Morgan fingerprint density at radius 1 is 0.481 bits per heavy atom. The molecule has 0 aromatic heterocycles. The number of esters is 1. The van der Waals surface area contributed by atoms with Crippen LogP contribution in [0.3, 0.4) is 0 Å². The van der Waals surface area contributed by atoms with E-state index in [2.05, 4.69) is 62.5 Å². The predicted octanol–water partition coefficient (Wildman–Crippen LogP) is 17.2. The second kappa shape index (κ2) is 58.0. The zero-order valence-corrected chi connectivity index (χ0v) is 52.7.